The van der Waals surface area contributed by atoms with Crippen molar-refractivity contribution in [1.82, 2.24) is 14.5 Å². The number of halogens is 1. The van der Waals surface area contributed by atoms with E-state index in [1.807, 2.05) is 23.9 Å². The van der Waals surface area contributed by atoms with Crippen LogP contribution in [0.3, 0.4) is 0 Å². The molecule has 6 nitrogen and oxygen atoms in total. The fourth-order valence-corrected chi connectivity index (χ4v) is 3.60. The number of rotatable bonds is 7. The minimum Gasteiger partial charge on any atom is -0.496 e. The van der Waals surface area contributed by atoms with Crippen molar-refractivity contribution in [2.75, 3.05) is 14.2 Å². The second-order valence-electron chi connectivity index (χ2n) is 5.99. The summed E-state index contributed by atoms with van der Waals surface area (Å²) in [5.74, 6) is 2.11. The van der Waals surface area contributed by atoms with E-state index in [1.54, 1.807) is 61.3 Å². The standard InChI is InChI=1S/C19H20ClN3O3S/c1-22-9-8-21-19(22)27-12-15-5-7-17(26-15)18(24)23(2)11-13-10-14(20)4-6-16(13)25-3/h4-10H,11-12H2,1-3H3. The monoisotopic (exact) mass is 405 g/mol. The summed E-state index contributed by atoms with van der Waals surface area (Å²) in [6, 6.07) is 8.85. The Morgan fingerprint density at radius 2 is 2.19 bits per heavy atom. The van der Waals surface area contributed by atoms with Crippen LogP contribution in [0.2, 0.25) is 5.02 Å². The summed E-state index contributed by atoms with van der Waals surface area (Å²) in [4.78, 5) is 18.5. The maximum absolute atomic E-state index is 12.7. The zero-order chi connectivity index (χ0) is 19.4. The van der Waals surface area contributed by atoms with E-state index < -0.39 is 0 Å². The van der Waals surface area contributed by atoms with Crippen LogP contribution in [0.15, 0.2) is 52.3 Å². The number of hydrogen-bond acceptors (Lipinski definition) is 5. The molecule has 0 unspecified atom stereocenters. The summed E-state index contributed by atoms with van der Waals surface area (Å²) >= 11 is 7.61. The molecule has 2 heterocycles. The third kappa shape index (κ3) is 4.67. The first-order valence-corrected chi connectivity index (χ1v) is 9.61. The third-order valence-electron chi connectivity index (χ3n) is 3.99. The Kier molecular flexibility index (Phi) is 6.13. The van der Waals surface area contributed by atoms with Crippen molar-refractivity contribution in [3.8, 4) is 5.75 Å². The topological polar surface area (TPSA) is 60.5 Å². The zero-order valence-electron chi connectivity index (χ0n) is 15.3. The van der Waals surface area contributed by atoms with E-state index in [-0.39, 0.29) is 5.91 Å². The van der Waals surface area contributed by atoms with Crippen LogP contribution in [-0.2, 0) is 19.3 Å². The summed E-state index contributed by atoms with van der Waals surface area (Å²) in [6.45, 7) is 0.362. The SMILES string of the molecule is COc1ccc(Cl)cc1CN(C)C(=O)c1ccc(CSc2nccn2C)o1. The minimum atomic E-state index is -0.203. The van der Waals surface area contributed by atoms with Gasteiger partial charge in [0.15, 0.2) is 10.9 Å². The van der Waals surface area contributed by atoms with Crippen LogP contribution >= 0.6 is 23.4 Å². The molecule has 142 valence electrons. The number of thioether (sulfide) groups is 1. The molecule has 3 aromatic rings. The number of furan rings is 1. The van der Waals surface area contributed by atoms with Gasteiger partial charge < -0.3 is 18.6 Å². The fourth-order valence-electron chi connectivity index (χ4n) is 2.58. The van der Waals surface area contributed by atoms with Crippen molar-refractivity contribution in [2.45, 2.75) is 17.5 Å². The second kappa shape index (κ2) is 8.54. The number of carbonyl (C=O) groups excluding carboxylic acids is 1. The first kappa shape index (κ1) is 19.4. The lowest BCUT2D eigenvalue weighted by atomic mass is 10.2. The van der Waals surface area contributed by atoms with Gasteiger partial charge in [-0.1, -0.05) is 23.4 Å². The fraction of sp³-hybridized carbons (Fsp3) is 0.263. The molecule has 0 aliphatic rings. The average Bonchev–Trinajstić information content (AvgIpc) is 3.28. The molecular weight excluding hydrogens is 386 g/mol. The summed E-state index contributed by atoms with van der Waals surface area (Å²) in [5, 5.41) is 1.49. The maximum Gasteiger partial charge on any atom is 0.289 e. The molecule has 0 fully saturated rings. The van der Waals surface area contributed by atoms with Crippen molar-refractivity contribution in [3.05, 3.63) is 64.8 Å². The van der Waals surface area contributed by atoms with E-state index in [2.05, 4.69) is 4.98 Å². The van der Waals surface area contributed by atoms with Crippen LogP contribution in [0.5, 0.6) is 5.75 Å². The van der Waals surface area contributed by atoms with Gasteiger partial charge in [0.25, 0.3) is 5.91 Å². The van der Waals surface area contributed by atoms with Gasteiger partial charge in [0.2, 0.25) is 0 Å². The Morgan fingerprint density at radius 1 is 1.37 bits per heavy atom. The summed E-state index contributed by atoms with van der Waals surface area (Å²) in [5.41, 5.74) is 0.831. The highest BCUT2D eigenvalue weighted by Crippen LogP contribution is 2.25. The molecule has 3 rings (SSSR count). The molecule has 0 radical (unpaired) electrons. The normalized spacial score (nSPS) is 10.8. The number of methoxy groups -OCH3 is 1. The van der Waals surface area contributed by atoms with E-state index >= 15 is 0 Å². The van der Waals surface area contributed by atoms with Crippen LogP contribution in [0.25, 0.3) is 0 Å². The molecule has 1 aromatic carbocycles. The van der Waals surface area contributed by atoms with Crippen LogP contribution in [-0.4, -0.2) is 34.5 Å². The molecule has 0 atom stereocenters. The van der Waals surface area contributed by atoms with E-state index in [9.17, 15) is 4.79 Å². The number of ether oxygens (including phenoxy) is 1. The van der Waals surface area contributed by atoms with Crippen molar-refractivity contribution in [2.24, 2.45) is 7.05 Å². The Balaban J connectivity index is 1.64. The van der Waals surface area contributed by atoms with Crippen LogP contribution < -0.4 is 4.74 Å². The number of nitrogens with zero attached hydrogens (tertiary/aromatic N) is 3. The predicted molar refractivity (Wildman–Crippen MR) is 105 cm³/mol. The number of aromatic nitrogens is 2. The molecule has 27 heavy (non-hydrogen) atoms. The number of hydrogen-bond donors (Lipinski definition) is 0. The minimum absolute atomic E-state index is 0.203. The number of benzene rings is 1. The highest BCUT2D eigenvalue weighted by molar-refractivity contribution is 7.98. The summed E-state index contributed by atoms with van der Waals surface area (Å²) in [6.07, 6.45) is 3.64. The van der Waals surface area contributed by atoms with Crippen molar-refractivity contribution in [1.29, 1.82) is 0 Å². The van der Waals surface area contributed by atoms with Gasteiger partial charge in [-0.2, -0.15) is 0 Å². The van der Waals surface area contributed by atoms with Gasteiger partial charge in [-0.15, -0.1) is 0 Å². The van der Waals surface area contributed by atoms with Gasteiger partial charge in [0.05, 0.1) is 12.9 Å². The third-order valence-corrected chi connectivity index (χ3v) is 5.31. The number of imidazole rings is 1. The zero-order valence-corrected chi connectivity index (χ0v) is 16.9. The molecule has 0 bridgehead atoms. The van der Waals surface area contributed by atoms with E-state index in [1.165, 1.54) is 0 Å². The van der Waals surface area contributed by atoms with Crippen molar-refractivity contribution in [3.63, 3.8) is 0 Å². The second-order valence-corrected chi connectivity index (χ2v) is 7.37. The summed E-state index contributed by atoms with van der Waals surface area (Å²) in [7, 11) is 5.24. The predicted octanol–water partition coefficient (Wildman–Crippen LogP) is 4.24. The highest BCUT2D eigenvalue weighted by Gasteiger charge is 2.18. The number of carbonyl (C=O) groups is 1. The van der Waals surface area contributed by atoms with Crippen LogP contribution in [0.1, 0.15) is 21.9 Å². The number of aryl methyl sites for hydroxylation is 1. The van der Waals surface area contributed by atoms with Gasteiger partial charge in [-0.05, 0) is 30.3 Å². The molecule has 0 N–H and O–H groups in total. The molecule has 0 aliphatic carbocycles. The van der Waals surface area contributed by atoms with Crippen LogP contribution in [0, 0.1) is 0 Å². The smallest absolute Gasteiger partial charge is 0.289 e. The molecule has 0 saturated heterocycles. The lowest BCUT2D eigenvalue weighted by molar-refractivity contribution is 0.0751. The van der Waals surface area contributed by atoms with Crippen molar-refractivity contribution >= 4 is 29.3 Å². The average molecular weight is 406 g/mol. The van der Waals surface area contributed by atoms with Gasteiger partial charge in [-0.3, -0.25) is 4.79 Å². The lowest BCUT2D eigenvalue weighted by Gasteiger charge is -2.18. The van der Waals surface area contributed by atoms with Crippen molar-refractivity contribution < 1.29 is 13.9 Å². The van der Waals surface area contributed by atoms with E-state index in [0.717, 1.165) is 16.5 Å². The van der Waals surface area contributed by atoms with Crippen LogP contribution in [0.4, 0.5) is 0 Å². The Bertz CT molecular complexity index is 938. The highest BCUT2D eigenvalue weighted by atomic mass is 35.5. The molecule has 0 aliphatic heterocycles. The lowest BCUT2D eigenvalue weighted by Crippen LogP contribution is -2.26. The Labute approximate surface area is 167 Å². The first-order chi connectivity index (χ1) is 13.0. The molecule has 8 heteroatoms. The molecule has 0 saturated carbocycles. The summed E-state index contributed by atoms with van der Waals surface area (Å²) < 4.78 is 13.0. The van der Waals surface area contributed by atoms with Gasteiger partial charge in [0, 0.05) is 43.6 Å². The molecule has 2 aromatic heterocycles. The maximum atomic E-state index is 12.7. The van der Waals surface area contributed by atoms with Gasteiger partial charge in [0.1, 0.15) is 11.5 Å². The Hall–Kier alpha value is -2.38. The first-order valence-electron chi connectivity index (χ1n) is 8.24. The quantitative estimate of drug-likeness (QED) is 0.550. The molecular formula is C19H20ClN3O3S. The Morgan fingerprint density at radius 3 is 2.89 bits per heavy atom. The molecule has 0 spiro atoms. The van der Waals surface area contributed by atoms with Gasteiger partial charge >= 0.3 is 0 Å². The number of amides is 1. The largest absolute Gasteiger partial charge is 0.496 e. The molecule has 1 amide bonds. The van der Waals surface area contributed by atoms with E-state index in [4.69, 9.17) is 20.8 Å². The van der Waals surface area contributed by atoms with Gasteiger partial charge in [-0.25, -0.2) is 4.98 Å². The van der Waals surface area contributed by atoms with E-state index in [0.29, 0.717) is 28.8 Å².